The molecule has 25 heavy (non-hydrogen) atoms. The third-order valence-electron chi connectivity index (χ3n) is 3.38. The standard InChI is InChI=1S/C17H14Cl2N2O4/c1-10-4-12(2-3-13(10)18)23-8-17(22)21-20-7-11-5-15-16(6-14(11)19)25-9-24-15/h2-7H,8-9H2,1H3,(H,21,22)/b20-7+. The number of aryl methyl sites for hydroxylation is 1. The van der Waals surface area contributed by atoms with E-state index < -0.39 is 5.91 Å². The molecule has 1 N–H and O–H groups in total. The average molecular weight is 381 g/mol. The summed E-state index contributed by atoms with van der Waals surface area (Å²) < 4.78 is 15.9. The Morgan fingerprint density at radius 3 is 2.76 bits per heavy atom. The summed E-state index contributed by atoms with van der Waals surface area (Å²) in [5, 5.41) is 4.95. The molecular formula is C17H14Cl2N2O4. The SMILES string of the molecule is Cc1cc(OCC(=O)N/N=C/c2cc3c(cc2Cl)OCO3)ccc1Cl. The number of hydrogen-bond donors (Lipinski definition) is 1. The van der Waals surface area contributed by atoms with Gasteiger partial charge in [0.05, 0.1) is 11.2 Å². The van der Waals surface area contributed by atoms with Gasteiger partial charge in [-0.3, -0.25) is 4.79 Å². The minimum atomic E-state index is -0.402. The zero-order valence-corrected chi connectivity index (χ0v) is 14.7. The van der Waals surface area contributed by atoms with Crippen molar-refractivity contribution in [2.45, 2.75) is 6.92 Å². The van der Waals surface area contributed by atoms with Gasteiger partial charge in [-0.25, -0.2) is 5.43 Å². The molecule has 2 aromatic carbocycles. The maximum Gasteiger partial charge on any atom is 0.277 e. The number of ether oxygens (including phenoxy) is 3. The summed E-state index contributed by atoms with van der Waals surface area (Å²) in [7, 11) is 0. The monoisotopic (exact) mass is 380 g/mol. The van der Waals surface area contributed by atoms with Gasteiger partial charge in [0.25, 0.3) is 5.91 Å². The lowest BCUT2D eigenvalue weighted by Crippen LogP contribution is -2.24. The van der Waals surface area contributed by atoms with Crippen molar-refractivity contribution in [3.63, 3.8) is 0 Å². The van der Waals surface area contributed by atoms with Gasteiger partial charge in [0.2, 0.25) is 6.79 Å². The van der Waals surface area contributed by atoms with E-state index in [1.165, 1.54) is 6.21 Å². The van der Waals surface area contributed by atoms with E-state index in [4.69, 9.17) is 37.4 Å². The first-order chi connectivity index (χ1) is 12.0. The van der Waals surface area contributed by atoms with E-state index in [0.717, 1.165) is 5.56 Å². The molecular weight excluding hydrogens is 367 g/mol. The second-order valence-electron chi connectivity index (χ2n) is 5.22. The Kier molecular flexibility index (Phi) is 5.31. The summed E-state index contributed by atoms with van der Waals surface area (Å²) >= 11 is 12.1. The van der Waals surface area contributed by atoms with E-state index in [1.54, 1.807) is 30.3 Å². The number of carbonyl (C=O) groups is 1. The van der Waals surface area contributed by atoms with Gasteiger partial charge in [-0.05, 0) is 36.8 Å². The van der Waals surface area contributed by atoms with E-state index in [9.17, 15) is 4.79 Å². The third kappa shape index (κ3) is 4.35. The lowest BCUT2D eigenvalue weighted by molar-refractivity contribution is -0.123. The van der Waals surface area contributed by atoms with Crippen LogP contribution < -0.4 is 19.6 Å². The van der Waals surface area contributed by atoms with Crippen molar-refractivity contribution >= 4 is 35.3 Å². The fourth-order valence-corrected chi connectivity index (χ4v) is 2.41. The molecule has 0 saturated heterocycles. The zero-order chi connectivity index (χ0) is 17.8. The van der Waals surface area contributed by atoms with Crippen LogP contribution in [0.1, 0.15) is 11.1 Å². The third-order valence-corrected chi connectivity index (χ3v) is 4.14. The van der Waals surface area contributed by atoms with Crippen LogP contribution in [0, 0.1) is 6.92 Å². The van der Waals surface area contributed by atoms with Crippen molar-refractivity contribution < 1.29 is 19.0 Å². The molecule has 0 saturated carbocycles. The number of benzene rings is 2. The Bertz CT molecular complexity index is 840. The molecule has 0 atom stereocenters. The fourth-order valence-electron chi connectivity index (χ4n) is 2.09. The number of fused-ring (bicyclic) bond motifs is 1. The van der Waals surface area contributed by atoms with E-state index >= 15 is 0 Å². The highest BCUT2D eigenvalue weighted by Crippen LogP contribution is 2.36. The number of carbonyl (C=O) groups excluding carboxylic acids is 1. The number of amides is 1. The summed E-state index contributed by atoms with van der Waals surface area (Å²) in [6, 6.07) is 8.49. The van der Waals surface area contributed by atoms with Crippen molar-refractivity contribution in [3.8, 4) is 17.2 Å². The Hall–Kier alpha value is -2.44. The van der Waals surface area contributed by atoms with Crippen molar-refractivity contribution in [3.05, 3.63) is 51.5 Å². The molecule has 130 valence electrons. The van der Waals surface area contributed by atoms with Gasteiger partial charge in [0.15, 0.2) is 18.1 Å². The van der Waals surface area contributed by atoms with Crippen molar-refractivity contribution in [1.29, 1.82) is 0 Å². The van der Waals surface area contributed by atoms with Gasteiger partial charge < -0.3 is 14.2 Å². The molecule has 1 heterocycles. The predicted molar refractivity (Wildman–Crippen MR) is 95.0 cm³/mol. The van der Waals surface area contributed by atoms with Gasteiger partial charge in [0.1, 0.15) is 5.75 Å². The molecule has 0 spiro atoms. The highest BCUT2D eigenvalue weighted by atomic mass is 35.5. The Morgan fingerprint density at radius 2 is 2.00 bits per heavy atom. The molecule has 3 rings (SSSR count). The topological polar surface area (TPSA) is 69.2 Å². The smallest absolute Gasteiger partial charge is 0.277 e. The maximum absolute atomic E-state index is 11.8. The van der Waals surface area contributed by atoms with Gasteiger partial charge in [-0.15, -0.1) is 0 Å². The number of nitrogens with zero attached hydrogens (tertiary/aromatic N) is 1. The second kappa shape index (κ2) is 7.63. The van der Waals surface area contributed by atoms with Crippen LogP contribution in [-0.2, 0) is 4.79 Å². The summed E-state index contributed by atoms with van der Waals surface area (Å²) in [5.41, 5.74) is 3.84. The highest BCUT2D eigenvalue weighted by molar-refractivity contribution is 6.33. The van der Waals surface area contributed by atoms with E-state index in [2.05, 4.69) is 10.5 Å². The van der Waals surface area contributed by atoms with Crippen LogP contribution >= 0.6 is 23.2 Å². The molecule has 0 fully saturated rings. The van der Waals surface area contributed by atoms with E-state index in [-0.39, 0.29) is 13.4 Å². The summed E-state index contributed by atoms with van der Waals surface area (Å²) in [6.07, 6.45) is 1.43. The fraction of sp³-hybridized carbons (Fsp3) is 0.176. The number of hydrazone groups is 1. The van der Waals surface area contributed by atoms with Crippen LogP contribution in [0.25, 0.3) is 0 Å². The Labute approximate surface area is 154 Å². The van der Waals surface area contributed by atoms with Crippen LogP contribution in [0.5, 0.6) is 17.2 Å². The van der Waals surface area contributed by atoms with Crippen LogP contribution in [0.2, 0.25) is 10.0 Å². The molecule has 6 nitrogen and oxygen atoms in total. The van der Waals surface area contributed by atoms with E-state index in [0.29, 0.717) is 32.9 Å². The Morgan fingerprint density at radius 1 is 1.24 bits per heavy atom. The Balaban J connectivity index is 1.53. The zero-order valence-electron chi connectivity index (χ0n) is 13.2. The van der Waals surface area contributed by atoms with E-state index in [1.807, 2.05) is 6.92 Å². The molecule has 8 heteroatoms. The van der Waals surface area contributed by atoms with Crippen LogP contribution in [0.4, 0.5) is 0 Å². The molecule has 1 amide bonds. The first-order valence-corrected chi connectivity index (χ1v) is 8.08. The average Bonchev–Trinajstić information content (AvgIpc) is 3.03. The first-order valence-electron chi connectivity index (χ1n) is 7.33. The molecule has 0 unspecified atom stereocenters. The number of rotatable bonds is 5. The second-order valence-corrected chi connectivity index (χ2v) is 6.03. The lowest BCUT2D eigenvalue weighted by Gasteiger charge is -2.06. The quantitative estimate of drug-likeness (QED) is 0.635. The molecule has 0 aromatic heterocycles. The molecule has 0 bridgehead atoms. The van der Waals surface area contributed by atoms with Crippen molar-refractivity contribution in [2.75, 3.05) is 13.4 Å². The predicted octanol–water partition coefficient (Wildman–Crippen LogP) is 3.56. The van der Waals surface area contributed by atoms with Crippen molar-refractivity contribution in [2.24, 2.45) is 5.10 Å². The van der Waals surface area contributed by atoms with Crippen molar-refractivity contribution in [1.82, 2.24) is 5.43 Å². The normalized spacial score (nSPS) is 12.4. The molecule has 1 aliphatic rings. The van der Waals surface area contributed by atoms with Crippen LogP contribution in [-0.4, -0.2) is 25.5 Å². The summed E-state index contributed by atoms with van der Waals surface area (Å²) in [6.45, 7) is 1.84. The molecule has 0 radical (unpaired) electrons. The lowest BCUT2D eigenvalue weighted by atomic mass is 10.2. The van der Waals surface area contributed by atoms with Gasteiger partial charge in [0, 0.05) is 16.7 Å². The molecule has 1 aliphatic heterocycles. The minimum absolute atomic E-state index is 0.157. The largest absolute Gasteiger partial charge is 0.484 e. The number of nitrogens with one attached hydrogen (secondary N) is 1. The number of halogens is 2. The highest BCUT2D eigenvalue weighted by Gasteiger charge is 2.15. The van der Waals surface area contributed by atoms with Crippen LogP contribution in [0.15, 0.2) is 35.4 Å². The van der Waals surface area contributed by atoms with Gasteiger partial charge in [-0.1, -0.05) is 23.2 Å². The van der Waals surface area contributed by atoms with Gasteiger partial charge in [-0.2, -0.15) is 5.10 Å². The maximum atomic E-state index is 11.8. The molecule has 0 aliphatic carbocycles. The summed E-state index contributed by atoms with van der Waals surface area (Å²) in [4.78, 5) is 11.8. The first kappa shape index (κ1) is 17.4. The minimum Gasteiger partial charge on any atom is -0.484 e. The van der Waals surface area contributed by atoms with Gasteiger partial charge >= 0.3 is 0 Å². The van der Waals surface area contributed by atoms with Crippen LogP contribution in [0.3, 0.4) is 0 Å². The summed E-state index contributed by atoms with van der Waals surface area (Å²) in [5.74, 6) is 1.32. The molecule has 2 aromatic rings. The number of hydrogen-bond acceptors (Lipinski definition) is 5.